The first kappa shape index (κ1) is 12.9. The van der Waals surface area contributed by atoms with Crippen molar-refractivity contribution in [2.24, 2.45) is 0 Å². The standard InChI is InChI=1S/C9H7BrClNO4/c1-2-16-9(13)7-5(10)3-4-6(8(7)11)12(14)15/h3-4H,2H2,1H3. The SMILES string of the molecule is CCOC(=O)c1c(Br)ccc([N+](=O)[O-])c1Cl. The molecule has 0 aliphatic heterocycles. The topological polar surface area (TPSA) is 69.4 Å². The van der Waals surface area contributed by atoms with Gasteiger partial charge in [0.2, 0.25) is 0 Å². The fourth-order valence-corrected chi connectivity index (χ4v) is 1.99. The number of carbonyl (C=O) groups is 1. The van der Waals surface area contributed by atoms with Crippen molar-refractivity contribution in [1.82, 2.24) is 0 Å². The van der Waals surface area contributed by atoms with Crippen molar-refractivity contribution in [2.75, 3.05) is 6.61 Å². The van der Waals surface area contributed by atoms with E-state index in [1.165, 1.54) is 12.1 Å². The highest BCUT2D eigenvalue weighted by Crippen LogP contribution is 2.33. The predicted octanol–water partition coefficient (Wildman–Crippen LogP) is 3.19. The average molecular weight is 309 g/mol. The van der Waals surface area contributed by atoms with Crippen LogP contribution in [0.3, 0.4) is 0 Å². The number of rotatable bonds is 3. The van der Waals surface area contributed by atoms with Crippen molar-refractivity contribution in [2.45, 2.75) is 6.92 Å². The third-order valence-electron chi connectivity index (χ3n) is 1.75. The fraction of sp³-hybridized carbons (Fsp3) is 0.222. The monoisotopic (exact) mass is 307 g/mol. The van der Waals surface area contributed by atoms with Crippen molar-refractivity contribution in [3.05, 3.63) is 37.3 Å². The second kappa shape index (κ2) is 5.27. The number of nitrogens with zero attached hydrogens (tertiary/aromatic N) is 1. The van der Waals surface area contributed by atoms with Crippen molar-refractivity contribution in [3.63, 3.8) is 0 Å². The Morgan fingerprint density at radius 1 is 1.62 bits per heavy atom. The van der Waals surface area contributed by atoms with E-state index < -0.39 is 10.9 Å². The Morgan fingerprint density at radius 2 is 2.25 bits per heavy atom. The van der Waals surface area contributed by atoms with Crippen LogP contribution in [0.5, 0.6) is 0 Å². The number of hydrogen-bond acceptors (Lipinski definition) is 4. The molecule has 0 heterocycles. The van der Waals surface area contributed by atoms with Gasteiger partial charge >= 0.3 is 5.97 Å². The van der Waals surface area contributed by atoms with Gasteiger partial charge < -0.3 is 4.74 Å². The van der Waals surface area contributed by atoms with E-state index in [2.05, 4.69) is 15.9 Å². The van der Waals surface area contributed by atoms with Gasteiger partial charge in [-0.3, -0.25) is 10.1 Å². The molecule has 1 rings (SSSR count). The summed E-state index contributed by atoms with van der Waals surface area (Å²) in [6, 6.07) is 2.60. The third-order valence-corrected chi connectivity index (χ3v) is 2.79. The molecule has 0 saturated carbocycles. The summed E-state index contributed by atoms with van der Waals surface area (Å²) in [7, 11) is 0. The average Bonchev–Trinajstić information content (AvgIpc) is 2.17. The zero-order chi connectivity index (χ0) is 12.3. The Kier molecular flexibility index (Phi) is 4.26. The lowest BCUT2D eigenvalue weighted by Crippen LogP contribution is -2.07. The maximum Gasteiger partial charge on any atom is 0.341 e. The number of benzene rings is 1. The molecule has 0 N–H and O–H groups in total. The van der Waals surface area contributed by atoms with Crippen molar-refractivity contribution in [3.8, 4) is 0 Å². The number of carbonyl (C=O) groups excluding carboxylic acids is 1. The van der Waals surface area contributed by atoms with Crippen molar-refractivity contribution >= 4 is 39.2 Å². The Hall–Kier alpha value is -1.14. The van der Waals surface area contributed by atoms with Crippen LogP contribution in [0.2, 0.25) is 5.02 Å². The van der Waals surface area contributed by atoms with Gasteiger partial charge in [-0.15, -0.1) is 0 Å². The number of hydrogen-bond donors (Lipinski definition) is 0. The van der Waals surface area contributed by atoms with E-state index in [-0.39, 0.29) is 22.9 Å². The third kappa shape index (κ3) is 2.51. The first-order valence-electron chi connectivity index (χ1n) is 4.28. The first-order chi connectivity index (χ1) is 7.49. The Labute approximate surface area is 105 Å². The number of halogens is 2. The first-order valence-corrected chi connectivity index (χ1v) is 5.45. The van der Waals surface area contributed by atoms with Crippen LogP contribution in [0, 0.1) is 10.1 Å². The minimum Gasteiger partial charge on any atom is -0.462 e. The summed E-state index contributed by atoms with van der Waals surface area (Å²) >= 11 is 8.86. The summed E-state index contributed by atoms with van der Waals surface area (Å²) in [6.45, 7) is 1.81. The molecule has 0 radical (unpaired) electrons. The molecule has 0 aliphatic carbocycles. The van der Waals surface area contributed by atoms with E-state index in [0.717, 1.165) is 0 Å². The molecule has 5 nitrogen and oxygen atoms in total. The van der Waals surface area contributed by atoms with E-state index in [1.807, 2.05) is 0 Å². The highest BCUT2D eigenvalue weighted by Gasteiger charge is 2.23. The van der Waals surface area contributed by atoms with E-state index in [1.54, 1.807) is 6.92 Å². The van der Waals surface area contributed by atoms with Gasteiger partial charge in [0.1, 0.15) is 5.02 Å². The second-order valence-electron chi connectivity index (χ2n) is 2.73. The zero-order valence-electron chi connectivity index (χ0n) is 8.20. The molecule has 1 aromatic rings. The van der Waals surface area contributed by atoms with Crippen LogP contribution < -0.4 is 0 Å². The summed E-state index contributed by atoms with van der Waals surface area (Å²) in [4.78, 5) is 21.5. The molecule has 86 valence electrons. The molecular formula is C9H7BrClNO4. The molecule has 7 heteroatoms. The number of ether oxygens (including phenoxy) is 1. The van der Waals surface area contributed by atoms with Crippen molar-refractivity contribution < 1.29 is 14.5 Å². The van der Waals surface area contributed by atoms with Gasteiger partial charge in [0.15, 0.2) is 0 Å². The van der Waals surface area contributed by atoms with Crippen LogP contribution in [-0.4, -0.2) is 17.5 Å². The van der Waals surface area contributed by atoms with Crippen LogP contribution in [0.1, 0.15) is 17.3 Å². The Balaban J connectivity index is 3.31. The Morgan fingerprint density at radius 3 is 2.75 bits per heavy atom. The molecule has 1 aromatic carbocycles. The minimum atomic E-state index is -0.692. The highest BCUT2D eigenvalue weighted by molar-refractivity contribution is 9.10. The molecule has 0 spiro atoms. The van der Waals surface area contributed by atoms with Crippen LogP contribution in [0.15, 0.2) is 16.6 Å². The molecule has 16 heavy (non-hydrogen) atoms. The maximum absolute atomic E-state index is 11.5. The van der Waals surface area contributed by atoms with Crippen LogP contribution in [-0.2, 0) is 4.74 Å². The number of nitro groups is 1. The largest absolute Gasteiger partial charge is 0.462 e. The highest BCUT2D eigenvalue weighted by atomic mass is 79.9. The predicted molar refractivity (Wildman–Crippen MR) is 61.8 cm³/mol. The van der Waals surface area contributed by atoms with Gasteiger partial charge in [-0.25, -0.2) is 4.79 Å². The van der Waals surface area contributed by atoms with Gasteiger partial charge in [0.25, 0.3) is 5.69 Å². The van der Waals surface area contributed by atoms with E-state index in [4.69, 9.17) is 16.3 Å². The van der Waals surface area contributed by atoms with Gasteiger partial charge in [-0.05, 0) is 28.9 Å². The van der Waals surface area contributed by atoms with E-state index in [0.29, 0.717) is 4.47 Å². The summed E-state index contributed by atoms with van der Waals surface area (Å²) in [5.74, 6) is -0.692. The lowest BCUT2D eigenvalue weighted by Gasteiger charge is -2.06. The fourth-order valence-electron chi connectivity index (χ4n) is 1.07. The molecule has 0 fully saturated rings. The van der Waals surface area contributed by atoms with Crippen LogP contribution in [0.25, 0.3) is 0 Å². The molecule has 0 aromatic heterocycles. The number of nitro benzene ring substituents is 1. The normalized spacial score (nSPS) is 9.94. The lowest BCUT2D eigenvalue weighted by atomic mass is 10.2. The molecule has 0 bridgehead atoms. The van der Waals surface area contributed by atoms with Gasteiger partial charge in [0, 0.05) is 10.5 Å². The smallest absolute Gasteiger partial charge is 0.341 e. The van der Waals surface area contributed by atoms with Crippen LogP contribution in [0.4, 0.5) is 5.69 Å². The maximum atomic E-state index is 11.5. The molecule has 0 amide bonds. The molecule has 0 atom stereocenters. The summed E-state index contributed by atoms with van der Waals surface area (Å²) < 4.78 is 5.11. The summed E-state index contributed by atoms with van der Waals surface area (Å²) in [5, 5.41) is 10.4. The zero-order valence-corrected chi connectivity index (χ0v) is 10.5. The molecule has 0 saturated heterocycles. The van der Waals surface area contributed by atoms with Crippen LogP contribution >= 0.6 is 27.5 Å². The van der Waals surface area contributed by atoms with Crippen molar-refractivity contribution in [1.29, 1.82) is 0 Å². The molecule has 0 unspecified atom stereocenters. The molecule has 0 aliphatic rings. The summed E-state index contributed by atoms with van der Waals surface area (Å²) in [6.07, 6.45) is 0. The quantitative estimate of drug-likeness (QED) is 0.488. The molecular weight excluding hydrogens is 301 g/mol. The van der Waals surface area contributed by atoms with Gasteiger partial charge in [0.05, 0.1) is 17.1 Å². The van der Waals surface area contributed by atoms with E-state index >= 15 is 0 Å². The second-order valence-corrected chi connectivity index (χ2v) is 3.97. The van der Waals surface area contributed by atoms with Gasteiger partial charge in [-0.2, -0.15) is 0 Å². The van der Waals surface area contributed by atoms with E-state index in [9.17, 15) is 14.9 Å². The van der Waals surface area contributed by atoms with Gasteiger partial charge in [-0.1, -0.05) is 11.6 Å². The summed E-state index contributed by atoms with van der Waals surface area (Å²) in [5.41, 5.74) is -0.356. The number of esters is 1. The minimum absolute atomic E-state index is 0.0299. The lowest BCUT2D eigenvalue weighted by molar-refractivity contribution is -0.384. The Bertz CT molecular complexity index is 449.